The Hall–Kier alpha value is -1.91. The molecule has 4 heteroatoms. The fraction of sp³-hybridized carbons (Fsp3) is 0.522. The van der Waals surface area contributed by atoms with Gasteiger partial charge in [0.25, 0.3) is 0 Å². The van der Waals surface area contributed by atoms with Crippen molar-refractivity contribution in [3.8, 4) is 5.75 Å². The third-order valence-corrected chi connectivity index (χ3v) is 7.27. The summed E-state index contributed by atoms with van der Waals surface area (Å²) in [5.41, 5.74) is 1.88. The van der Waals surface area contributed by atoms with Gasteiger partial charge in [-0.2, -0.15) is 0 Å². The van der Waals surface area contributed by atoms with Crippen molar-refractivity contribution in [1.82, 2.24) is 4.98 Å². The van der Waals surface area contributed by atoms with E-state index in [9.17, 15) is 5.11 Å². The van der Waals surface area contributed by atoms with Crippen LogP contribution in [0.1, 0.15) is 38.4 Å². The molecule has 3 unspecified atom stereocenters. The van der Waals surface area contributed by atoms with Gasteiger partial charge in [-0.1, -0.05) is 6.08 Å². The van der Waals surface area contributed by atoms with Crippen LogP contribution in [-0.4, -0.2) is 46.9 Å². The highest BCUT2D eigenvalue weighted by Crippen LogP contribution is 2.48. The molecule has 2 bridgehead atoms. The van der Waals surface area contributed by atoms with Gasteiger partial charge in [0.05, 0.1) is 31.8 Å². The SMILES string of the molecule is C=CC1C[N+]2(C(C)C)CCC1C[C@H]2[C@@H](O)c1ccnc2ccc(OC)cc12. The Bertz CT molecular complexity index is 849. The summed E-state index contributed by atoms with van der Waals surface area (Å²) in [4.78, 5) is 4.49. The van der Waals surface area contributed by atoms with Crippen LogP contribution in [0.4, 0.5) is 0 Å². The minimum absolute atomic E-state index is 0.219. The van der Waals surface area contributed by atoms with Crippen molar-refractivity contribution in [2.75, 3.05) is 20.2 Å². The fourth-order valence-corrected chi connectivity index (χ4v) is 5.63. The van der Waals surface area contributed by atoms with E-state index in [-0.39, 0.29) is 6.04 Å². The lowest BCUT2D eigenvalue weighted by Crippen LogP contribution is -2.70. The van der Waals surface area contributed by atoms with Crippen molar-refractivity contribution < 1.29 is 14.3 Å². The molecule has 0 amide bonds. The van der Waals surface area contributed by atoms with Crippen LogP contribution >= 0.6 is 0 Å². The molecule has 144 valence electrons. The molecule has 3 aliphatic rings. The summed E-state index contributed by atoms with van der Waals surface area (Å²) in [6.45, 7) is 10.9. The molecule has 5 rings (SSSR count). The number of aliphatic hydroxyl groups is 1. The Morgan fingerprint density at radius 1 is 1.33 bits per heavy atom. The molecule has 3 fully saturated rings. The van der Waals surface area contributed by atoms with Crippen LogP contribution < -0.4 is 4.74 Å². The lowest BCUT2D eigenvalue weighted by Gasteiger charge is -2.60. The van der Waals surface area contributed by atoms with Gasteiger partial charge in [-0.15, -0.1) is 6.58 Å². The Morgan fingerprint density at radius 3 is 2.85 bits per heavy atom. The monoisotopic (exact) mass is 367 g/mol. The Morgan fingerprint density at radius 2 is 2.15 bits per heavy atom. The molecule has 4 heterocycles. The summed E-state index contributed by atoms with van der Waals surface area (Å²) in [6.07, 6.45) is 5.76. The fourth-order valence-electron chi connectivity index (χ4n) is 5.63. The first-order chi connectivity index (χ1) is 13.0. The molecule has 0 aliphatic carbocycles. The van der Waals surface area contributed by atoms with Crippen molar-refractivity contribution in [3.63, 3.8) is 0 Å². The summed E-state index contributed by atoms with van der Waals surface area (Å²) in [5.74, 6) is 2.01. The number of pyridine rings is 1. The van der Waals surface area contributed by atoms with Crippen molar-refractivity contribution >= 4 is 10.9 Å². The Balaban J connectivity index is 1.77. The first kappa shape index (κ1) is 18.5. The summed E-state index contributed by atoms with van der Waals surface area (Å²) in [6, 6.07) is 8.58. The second-order valence-corrected chi connectivity index (χ2v) is 8.58. The largest absolute Gasteiger partial charge is 0.497 e. The first-order valence-corrected chi connectivity index (χ1v) is 10.1. The third kappa shape index (κ3) is 2.86. The predicted octanol–water partition coefficient (Wildman–Crippen LogP) is 4.10. The van der Waals surface area contributed by atoms with E-state index in [4.69, 9.17) is 4.74 Å². The number of piperidine rings is 3. The highest BCUT2D eigenvalue weighted by molar-refractivity contribution is 5.83. The van der Waals surface area contributed by atoms with E-state index in [1.165, 1.54) is 6.42 Å². The van der Waals surface area contributed by atoms with Crippen molar-refractivity contribution in [3.05, 3.63) is 48.7 Å². The number of aromatic nitrogens is 1. The van der Waals surface area contributed by atoms with Gasteiger partial charge < -0.3 is 14.3 Å². The molecule has 3 saturated heterocycles. The van der Waals surface area contributed by atoms with Crippen molar-refractivity contribution in [1.29, 1.82) is 0 Å². The maximum atomic E-state index is 11.6. The van der Waals surface area contributed by atoms with Crippen LogP contribution in [0.25, 0.3) is 10.9 Å². The molecule has 1 aromatic carbocycles. The summed E-state index contributed by atoms with van der Waals surface area (Å²) < 4.78 is 6.40. The molecule has 5 atom stereocenters. The molecule has 0 saturated carbocycles. The van der Waals surface area contributed by atoms with Crippen LogP contribution in [0.15, 0.2) is 43.1 Å². The maximum Gasteiger partial charge on any atom is 0.131 e. The number of ether oxygens (including phenoxy) is 1. The van der Waals surface area contributed by atoms with Gasteiger partial charge in [-0.25, -0.2) is 0 Å². The van der Waals surface area contributed by atoms with Gasteiger partial charge in [-0.3, -0.25) is 4.98 Å². The Kier molecular flexibility index (Phi) is 4.73. The van der Waals surface area contributed by atoms with Crippen molar-refractivity contribution in [2.24, 2.45) is 11.8 Å². The normalized spacial score (nSPS) is 31.2. The second-order valence-electron chi connectivity index (χ2n) is 8.58. The van der Waals surface area contributed by atoms with Gasteiger partial charge in [0.15, 0.2) is 0 Å². The van der Waals surface area contributed by atoms with Crippen LogP contribution in [0, 0.1) is 11.8 Å². The average molecular weight is 368 g/mol. The number of quaternary nitrogens is 1. The zero-order valence-corrected chi connectivity index (χ0v) is 16.6. The second kappa shape index (κ2) is 6.92. The summed E-state index contributed by atoms with van der Waals surface area (Å²) >= 11 is 0. The molecular weight excluding hydrogens is 336 g/mol. The van der Waals surface area contributed by atoms with E-state index in [1.54, 1.807) is 7.11 Å². The molecule has 0 radical (unpaired) electrons. The first-order valence-electron chi connectivity index (χ1n) is 10.1. The molecule has 27 heavy (non-hydrogen) atoms. The van der Waals surface area contributed by atoms with Gasteiger partial charge in [0.2, 0.25) is 0 Å². The zero-order chi connectivity index (χ0) is 19.2. The van der Waals surface area contributed by atoms with E-state index < -0.39 is 6.10 Å². The number of rotatable bonds is 5. The highest BCUT2D eigenvalue weighted by Gasteiger charge is 2.55. The lowest BCUT2D eigenvalue weighted by molar-refractivity contribution is -0.990. The van der Waals surface area contributed by atoms with E-state index >= 15 is 0 Å². The van der Waals surface area contributed by atoms with Gasteiger partial charge >= 0.3 is 0 Å². The smallest absolute Gasteiger partial charge is 0.131 e. The summed E-state index contributed by atoms with van der Waals surface area (Å²) in [7, 11) is 1.67. The van der Waals surface area contributed by atoms with Crippen LogP contribution in [-0.2, 0) is 0 Å². The van der Waals surface area contributed by atoms with E-state index in [0.29, 0.717) is 17.9 Å². The van der Waals surface area contributed by atoms with E-state index in [0.717, 1.165) is 46.2 Å². The molecule has 4 nitrogen and oxygen atoms in total. The number of hydrogen-bond donors (Lipinski definition) is 1. The van der Waals surface area contributed by atoms with Gasteiger partial charge in [0, 0.05) is 30.3 Å². The van der Waals surface area contributed by atoms with Crippen LogP contribution in [0.3, 0.4) is 0 Å². The van der Waals surface area contributed by atoms with Gasteiger partial charge in [0.1, 0.15) is 17.9 Å². The minimum atomic E-state index is -0.501. The van der Waals surface area contributed by atoms with E-state index in [1.807, 2.05) is 30.5 Å². The third-order valence-electron chi connectivity index (χ3n) is 7.27. The lowest BCUT2D eigenvalue weighted by atomic mass is 9.70. The number of aliphatic hydroxyl groups excluding tert-OH is 1. The quantitative estimate of drug-likeness (QED) is 0.639. The van der Waals surface area contributed by atoms with Crippen molar-refractivity contribution in [2.45, 2.75) is 44.9 Å². The Labute approximate surface area is 162 Å². The average Bonchev–Trinajstić information content (AvgIpc) is 2.72. The number of methoxy groups -OCH3 is 1. The predicted molar refractivity (Wildman–Crippen MR) is 109 cm³/mol. The highest BCUT2D eigenvalue weighted by atomic mass is 16.5. The molecule has 3 aliphatic heterocycles. The number of nitrogens with zero attached hydrogens (tertiary/aromatic N) is 2. The van der Waals surface area contributed by atoms with E-state index in [2.05, 4.69) is 31.5 Å². The van der Waals surface area contributed by atoms with Crippen LogP contribution in [0.5, 0.6) is 5.75 Å². The van der Waals surface area contributed by atoms with Crippen LogP contribution in [0.2, 0.25) is 0 Å². The topological polar surface area (TPSA) is 42.4 Å². The molecule has 2 aromatic rings. The minimum Gasteiger partial charge on any atom is -0.497 e. The number of benzene rings is 1. The molecule has 1 aromatic heterocycles. The maximum absolute atomic E-state index is 11.6. The molecule has 1 N–H and O–H groups in total. The summed E-state index contributed by atoms with van der Waals surface area (Å²) in [5, 5.41) is 12.6. The number of fused-ring (bicyclic) bond motifs is 4. The van der Waals surface area contributed by atoms with Gasteiger partial charge in [-0.05, 0) is 49.6 Å². The molecular formula is C23H31N2O2+. The number of hydrogen-bond acceptors (Lipinski definition) is 3. The molecule has 0 spiro atoms. The standard InChI is InChI=1S/C23H31N2O2/c1-5-16-14-25(15(2)3)11-9-17(16)12-22(25)23(26)19-8-10-24-21-7-6-18(27-4)13-20(19)21/h5-8,10,13,15-17,22-23,26H,1,9,11-12,14H2,2-4H3/q+1/t16?,17?,22-,23-,25?/m0/s1. The zero-order valence-electron chi connectivity index (χ0n) is 16.6.